The number of aliphatic hydroxyl groups excluding tert-OH is 1. The quantitative estimate of drug-likeness (QED) is 0.797. The van der Waals surface area contributed by atoms with Gasteiger partial charge >= 0.3 is 0 Å². The Bertz CT molecular complexity index is 515. The molecule has 0 aliphatic carbocycles. The molecule has 0 saturated heterocycles. The SMILES string of the molecule is CCCCC[C@H](O)c1ccc(Cl)cc1-c1nnn[nH]1. The van der Waals surface area contributed by atoms with E-state index in [0.29, 0.717) is 10.8 Å². The van der Waals surface area contributed by atoms with Crippen LogP contribution in [0.5, 0.6) is 0 Å². The Kier molecular flexibility index (Phi) is 4.87. The molecule has 0 radical (unpaired) electrons. The van der Waals surface area contributed by atoms with Gasteiger partial charge in [-0.2, -0.15) is 0 Å². The van der Waals surface area contributed by atoms with Crippen LogP contribution in [0.15, 0.2) is 18.2 Å². The van der Waals surface area contributed by atoms with Gasteiger partial charge in [-0.05, 0) is 34.5 Å². The zero-order chi connectivity index (χ0) is 13.7. The molecular weight excluding hydrogens is 264 g/mol. The number of aromatic amines is 1. The molecule has 1 aromatic carbocycles. The molecule has 2 aromatic rings. The molecule has 2 N–H and O–H groups in total. The maximum Gasteiger partial charge on any atom is 0.179 e. The van der Waals surface area contributed by atoms with Crippen molar-refractivity contribution in [1.82, 2.24) is 20.6 Å². The smallest absolute Gasteiger partial charge is 0.179 e. The molecule has 6 heteroatoms. The van der Waals surface area contributed by atoms with Gasteiger partial charge in [0.05, 0.1) is 6.10 Å². The Morgan fingerprint density at radius 3 is 2.89 bits per heavy atom. The monoisotopic (exact) mass is 280 g/mol. The molecule has 102 valence electrons. The maximum absolute atomic E-state index is 10.3. The van der Waals surface area contributed by atoms with Crippen LogP contribution < -0.4 is 0 Å². The van der Waals surface area contributed by atoms with Gasteiger partial charge in [0.2, 0.25) is 0 Å². The molecule has 5 nitrogen and oxygen atoms in total. The fourth-order valence-electron chi connectivity index (χ4n) is 2.04. The highest BCUT2D eigenvalue weighted by molar-refractivity contribution is 6.30. The Morgan fingerprint density at radius 2 is 2.21 bits per heavy atom. The largest absolute Gasteiger partial charge is 0.388 e. The molecule has 0 spiro atoms. The third-order valence-electron chi connectivity index (χ3n) is 3.06. The van der Waals surface area contributed by atoms with Crippen LogP contribution in [0, 0.1) is 0 Å². The fraction of sp³-hybridized carbons (Fsp3) is 0.462. The minimum absolute atomic E-state index is 0.520. The second-order valence-corrected chi connectivity index (χ2v) is 4.93. The summed E-state index contributed by atoms with van der Waals surface area (Å²) in [7, 11) is 0. The number of unbranched alkanes of at least 4 members (excludes halogenated alkanes) is 2. The predicted molar refractivity (Wildman–Crippen MR) is 73.7 cm³/mol. The van der Waals surface area contributed by atoms with Crippen LogP contribution in [-0.2, 0) is 0 Å². The molecule has 0 fully saturated rings. The lowest BCUT2D eigenvalue weighted by molar-refractivity contribution is 0.164. The van der Waals surface area contributed by atoms with Crippen molar-refractivity contribution in [3.63, 3.8) is 0 Å². The van der Waals surface area contributed by atoms with Crippen LogP contribution in [-0.4, -0.2) is 25.7 Å². The highest BCUT2D eigenvalue weighted by atomic mass is 35.5. The van der Waals surface area contributed by atoms with Gasteiger partial charge < -0.3 is 5.11 Å². The highest BCUT2D eigenvalue weighted by Gasteiger charge is 2.16. The molecule has 0 aliphatic heterocycles. The Morgan fingerprint density at radius 1 is 1.37 bits per heavy atom. The van der Waals surface area contributed by atoms with Gasteiger partial charge in [-0.15, -0.1) is 5.10 Å². The number of aromatic nitrogens is 4. The number of hydrogen-bond acceptors (Lipinski definition) is 4. The Labute approximate surface area is 117 Å². The molecular formula is C13H17ClN4O. The number of H-pyrrole nitrogens is 1. The van der Waals surface area contributed by atoms with Gasteiger partial charge in [0.1, 0.15) is 0 Å². The zero-order valence-corrected chi connectivity index (χ0v) is 11.6. The van der Waals surface area contributed by atoms with Crippen molar-refractivity contribution in [3.05, 3.63) is 28.8 Å². The van der Waals surface area contributed by atoms with E-state index in [0.717, 1.165) is 36.8 Å². The lowest BCUT2D eigenvalue weighted by Gasteiger charge is -2.14. The number of nitrogens with one attached hydrogen (secondary N) is 1. The summed E-state index contributed by atoms with van der Waals surface area (Å²) in [5, 5.41) is 24.6. The van der Waals surface area contributed by atoms with Crippen LogP contribution in [0.1, 0.15) is 44.3 Å². The van der Waals surface area contributed by atoms with E-state index >= 15 is 0 Å². The van der Waals surface area contributed by atoms with Crippen LogP contribution >= 0.6 is 11.6 Å². The van der Waals surface area contributed by atoms with Gasteiger partial charge in [0, 0.05) is 10.6 Å². The topological polar surface area (TPSA) is 74.7 Å². The first kappa shape index (κ1) is 14.0. The summed E-state index contributed by atoms with van der Waals surface area (Å²) in [6.07, 6.45) is 3.44. The summed E-state index contributed by atoms with van der Waals surface area (Å²) in [4.78, 5) is 0. The molecule has 19 heavy (non-hydrogen) atoms. The van der Waals surface area contributed by atoms with E-state index in [9.17, 15) is 5.11 Å². The summed E-state index contributed by atoms with van der Waals surface area (Å²) in [5.74, 6) is 0.520. The highest BCUT2D eigenvalue weighted by Crippen LogP contribution is 2.30. The number of halogens is 1. The van der Waals surface area contributed by atoms with Gasteiger partial charge in [-0.1, -0.05) is 43.9 Å². The Balaban J connectivity index is 2.24. The Hall–Kier alpha value is -1.46. The summed E-state index contributed by atoms with van der Waals surface area (Å²) in [5.41, 5.74) is 1.56. The van der Waals surface area contributed by atoms with Crippen LogP contribution in [0.2, 0.25) is 5.02 Å². The number of aliphatic hydroxyl groups is 1. The molecule has 1 heterocycles. The van der Waals surface area contributed by atoms with Crippen LogP contribution in [0.25, 0.3) is 11.4 Å². The predicted octanol–water partition coefficient (Wildman–Crippen LogP) is 3.13. The summed E-state index contributed by atoms with van der Waals surface area (Å²) in [6, 6.07) is 5.37. The summed E-state index contributed by atoms with van der Waals surface area (Å²) >= 11 is 6.00. The first-order valence-electron chi connectivity index (χ1n) is 6.44. The average Bonchev–Trinajstić information content (AvgIpc) is 2.92. The van der Waals surface area contributed by atoms with E-state index < -0.39 is 6.10 Å². The van der Waals surface area contributed by atoms with Crippen LogP contribution in [0.3, 0.4) is 0 Å². The molecule has 1 atom stereocenters. The molecule has 0 saturated carbocycles. The summed E-state index contributed by atoms with van der Waals surface area (Å²) < 4.78 is 0. The minimum Gasteiger partial charge on any atom is -0.388 e. The van der Waals surface area contributed by atoms with Crippen molar-refractivity contribution >= 4 is 11.6 Å². The van der Waals surface area contributed by atoms with Gasteiger partial charge in [0.15, 0.2) is 5.82 Å². The van der Waals surface area contributed by atoms with Gasteiger partial charge in [-0.3, -0.25) is 0 Å². The molecule has 0 unspecified atom stereocenters. The van der Waals surface area contributed by atoms with E-state index in [1.165, 1.54) is 0 Å². The van der Waals surface area contributed by atoms with Crippen molar-refractivity contribution in [1.29, 1.82) is 0 Å². The second kappa shape index (κ2) is 6.63. The van der Waals surface area contributed by atoms with Crippen molar-refractivity contribution in [2.45, 2.75) is 38.7 Å². The van der Waals surface area contributed by atoms with Gasteiger partial charge in [0.25, 0.3) is 0 Å². The normalized spacial score (nSPS) is 12.6. The van der Waals surface area contributed by atoms with E-state index in [1.807, 2.05) is 6.07 Å². The van der Waals surface area contributed by atoms with E-state index in [1.54, 1.807) is 12.1 Å². The maximum atomic E-state index is 10.3. The molecule has 0 amide bonds. The molecule has 0 bridgehead atoms. The van der Waals surface area contributed by atoms with Crippen molar-refractivity contribution in [2.75, 3.05) is 0 Å². The van der Waals surface area contributed by atoms with Crippen molar-refractivity contribution in [3.8, 4) is 11.4 Å². The van der Waals surface area contributed by atoms with E-state index in [-0.39, 0.29) is 0 Å². The lowest BCUT2D eigenvalue weighted by Crippen LogP contribution is -2.01. The second-order valence-electron chi connectivity index (χ2n) is 4.49. The van der Waals surface area contributed by atoms with E-state index in [4.69, 9.17) is 11.6 Å². The molecule has 2 rings (SSSR count). The minimum atomic E-state index is -0.524. The number of hydrogen-bond donors (Lipinski definition) is 2. The standard InChI is InChI=1S/C13H17ClN4O/c1-2-3-4-5-12(19)10-7-6-9(14)8-11(10)13-15-17-18-16-13/h6-8,12,19H,2-5H2,1H3,(H,15,16,17,18)/t12-/m0/s1. The first-order chi connectivity index (χ1) is 9.22. The zero-order valence-electron chi connectivity index (χ0n) is 10.8. The molecule has 0 aliphatic rings. The fourth-order valence-corrected chi connectivity index (χ4v) is 2.21. The summed E-state index contributed by atoms with van der Waals surface area (Å²) in [6.45, 7) is 2.14. The number of tetrazole rings is 1. The average molecular weight is 281 g/mol. The number of benzene rings is 1. The van der Waals surface area contributed by atoms with Crippen molar-refractivity contribution in [2.24, 2.45) is 0 Å². The van der Waals surface area contributed by atoms with Crippen LogP contribution in [0.4, 0.5) is 0 Å². The van der Waals surface area contributed by atoms with E-state index in [2.05, 4.69) is 27.5 Å². The third-order valence-corrected chi connectivity index (χ3v) is 3.29. The number of nitrogens with zero attached hydrogens (tertiary/aromatic N) is 3. The lowest BCUT2D eigenvalue weighted by atomic mass is 9.98. The number of rotatable bonds is 6. The first-order valence-corrected chi connectivity index (χ1v) is 6.81. The molecule has 1 aromatic heterocycles. The van der Waals surface area contributed by atoms with Crippen molar-refractivity contribution < 1.29 is 5.11 Å². The third kappa shape index (κ3) is 3.52. The van der Waals surface area contributed by atoms with Gasteiger partial charge in [-0.25, -0.2) is 5.10 Å².